The first kappa shape index (κ1) is 103. The molecule has 15 N–H and O–H groups in total. The Morgan fingerprint density at radius 2 is 0.232 bits per heavy atom. The molecular weight excluding hydrogens is 1160 g/mol. The Bertz CT molecular complexity index is 1020. The number of hydrogen-bond donors (Lipinski definition) is 10. The van der Waals surface area contributed by atoms with E-state index in [1.165, 1.54) is 418 Å². The smallest absolute Gasteiger partial charge is 0.00745 e. The first-order valence-electron chi connectivity index (χ1n) is 44.1. The molecule has 10 heteroatoms. The van der Waals surface area contributed by atoms with Crippen molar-refractivity contribution in [3.05, 3.63) is 0 Å². The van der Waals surface area contributed by atoms with Crippen LogP contribution in [0.1, 0.15) is 452 Å². The van der Waals surface area contributed by atoms with Crippen molar-refractivity contribution in [3.63, 3.8) is 0 Å². The van der Waals surface area contributed by atoms with E-state index in [0.717, 1.165) is 97.8 Å². The summed E-state index contributed by atoms with van der Waals surface area (Å²) in [5, 5.41) is 17.1. The molecule has 0 unspecified atom stereocenters. The number of nitrogens with one attached hydrogen (secondary N) is 5. The molecule has 0 aromatic heterocycles. The van der Waals surface area contributed by atoms with Crippen LogP contribution in [0.25, 0.3) is 0 Å². The van der Waals surface area contributed by atoms with E-state index in [0.29, 0.717) is 0 Å². The van der Waals surface area contributed by atoms with Gasteiger partial charge in [0.05, 0.1) is 0 Å². The lowest BCUT2D eigenvalue weighted by Crippen LogP contribution is -2.23. The molecule has 10 nitrogen and oxygen atoms in total. The molecule has 0 saturated carbocycles. The molecule has 0 saturated heterocycles. The Morgan fingerprint density at radius 1 is 0.116 bits per heavy atom. The van der Waals surface area contributed by atoms with Crippen molar-refractivity contribution in [2.45, 2.75) is 452 Å². The second-order valence-electron chi connectivity index (χ2n) is 28.9. The highest BCUT2D eigenvalue weighted by molar-refractivity contribution is 4.58. The normalized spacial score (nSPS) is 11.1. The minimum Gasteiger partial charge on any atom is -0.330 e. The summed E-state index contributed by atoms with van der Waals surface area (Å²) in [7, 11) is 0. The zero-order valence-electron chi connectivity index (χ0n) is 67.0. The topological polar surface area (TPSA) is 190 Å². The van der Waals surface area contributed by atoms with Crippen LogP contribution >= 0.6 is 0 Å². The summed E-state index contributed by atoms with van der Waals surface area (Å²) in [5.41, 5.74) is 27.2. The molecule has 0 amide bonds. The van der Waals surface area contributed by atoms with Gasteiger partial charge in [-0.1, -0.05) is 394 Å². The molecule has 580 valence electrons. The lowest BCUT2D eigenvalue weighted by Gasteiger charge is -2.05. The van der Waals surface area contributed by atoms with Crippen molar-refractivity contribution in [3.8, 4) is 0 Å². The molecule has 0 fully saturated rings. The molecule has 0 bridgehead atoms. The van der Waals surface area contributed by atoms with Gasteiger partial charge in [0.15, 0.2) is 0 Å². The maximum atomic E-state index is 5.49. The number of nitrogens with two attached hydrogens (primary N) is 5. The monoisotopic (exact) mass is 1350 g/mol. The molecule has 0 aliphatic carbocycles. The van der Waals surface area contributed by atoms with Gasteiger partial charge in [0.25, 0.3) is 0 Å². The van der Waals surface area contributed by atoms with Crippen LogP contribution in [-0.2, 0) is 0 Å². The average molecular weight is 1350 g/mol. The molecular formula is C85H190N10. The van der Waals surface area contributed by atoms with Crippen molar-refractivity contribution >= 4 is 0 Å². The van der Waals surface area contributed by atoms with Gasteiger partial charge in [-0.3, -0.25) is 0 Å². The van der Waals surface area contributed by atoms with Crippen LogP contribution in [0.3, 0.4) is 0 Å². The second-order valence-corrected chi connectivity index (χ2v) is 28.9. The Balaban J connectivity index is -0.000000360. The third-order valence-corrected chi connectivity index (χ3v) is 18.9. The van der Waals surface area contributed by atoms with Crippen molar-refractivity contribution in [2.75, 3.05) is 98.2 Å². The third-order valence-electron chi connectivity index (χ3n) is 18.9. The largest absolute Gasteiger partial charge is 0.330 e. The van der Waals surface area contributed by atoms with Crippen LogP contribution in [0.5, 0.6) is 0 Å². The molecule has 0 spiro atoms. The van der Waals surface area contributed by atoms with Crippen LogP contribution in [0, 0.1) is 0 Å². The number of rotatable bonds is 80. The molecule has 0 aliphatic heterocycles. The highest BCUT2D eigenvalue weighted by atomic mass is 14.9. The second kappa shape index (κ2) is 112. The van der Waals surface area contributed by atoms with E-state index in [4.69, 9.17) is 28.7 Å². The first-order chi connectivity index (χ1) is 47.1. The summed E-state index contributed by atoms with van der Waals surface area (Å²) in [6.07, 6.45) is 91.8. The zero-order valence-corrected chi connectivity index (χ0v) is 67.0. The summed E-state index contributed by atoms with van der Waals surface area (Å²) in [6, 6.07) is 0. The van der Waals surface area contributed by atoms with Gasteiger partial charge < -0.3 is 55.3 Å². The lowest BCUT2D eigenvalue weighted by molar-refractivity contribution is 0.520. The van der Waals surface area contributed by atoms with Crippen molar-refractivity contribution < 1.29 is 0 Å². The van der Waals surface area contributed by atoms with E-state index in [-0.39, 0.29) is 0 Å². The van der Waals surface area contributed by atoms with E-state index in [1.54, 1.807) is 0 Å². The van der Waals surface area contributed by atoms with Crippen LogP contribution in [0.4, 0.5) is 0 Å². The Kier molecular flexibility index (Phi) is 122. The molecule has 0 aromatic carbocycles. The Labute approximate surface area is 602 Å². The van der Waals surface area contributed by atoms with Gasteiger partial charge in [0, 0.05) is 26.2 Å². The van der Waals surface area contributed by atoms with E-state index in [9.17, 15) is 0 Å². The maximum absolute atomic E-state index is 5.49. The van der Waals surface area contributed by atoms with E-state index < -0.39 is 0 Å². The Morgan fingerprint density at radius 3 is 0.368 bits per heavy atom. The van der Waals surface area contributed by atoms with Crippen LogP contribution < -0.4 is 55.3 Å². The zero-order chi connectivity index (χ0) is 70.1. The first-order valence-corrected chi connectivity index (χ1v) is 44.1. The fourth-order valence-corrected chi connectivity index (χ4v) is 12.3. The van der Waals surface area contributed by atoms with Crippen LogP contribution in [-0.4, -0.2) is 98.2 Å². The maximum Gasteiger partial charge on any atom is 0.00745 e. The standard InChI is InChI=1S/C24H52N2.C18H40N2.2C15H34N2.C13H30N2/c1-2-3-4-5-6-7-8-9-10-11-12-13-14-15-16-17-18-20-23-26-24-21-19-22-25;1-2-3-4-5-6-7-8-9-10-11-12-13-14-17-20-18-15-16-19;1-2-3-4-5-6-7-8-9-10-11-14-17-15-12-13-16;1-2-3-4-5-6-7-8-9-10-11-12-14-17-15-13-16;1-2-3-4-5-6-7-8-9-10-12-15-13-11-14/h26H,2-25H2,1H3;20H,2-19H2,1H3;2*17H,2-16H2,1H3;15H,2-14H2,1H3. The lowest BCUT2D eigenvalue weighted by atomic mass is 10.0. The summed E-state index contributed by atoms with van der Waals surface area (Å²) in [6.45, 7) is 26.5. The van der Waals surface area contributed by atoms with Gasteiger partial charge in [-0.25, -0.2) is 0 Å². The van der Waals surface area contributed by atoms with Crippen molar-refractivity contribution in [1.29, 1.82) is 0 Å². The molecule has 0 radical (unpaired) electrons. The fourth-order valence-electron chi connectivity index (χ4n) is 12.3. The Hall–Kier alpha value is -0.400. The predicted molar refractivity (Wildman–Crippen MR) is 438 cm³/mol. The van der Waals surface area contributed by atoms with Gasteiger partial charge in [0.1, 0.15) is 0 Å². The van der Waals surface area contributed by atoms with Gasteiger partial charge in [0.2, 0.25) is 0 Å². The summed E-state index contributed by atoms with van der Waals surface area (Å²) >= 11 is 0. The highest BCUT2D eigenvalue weighted by Gasteiger charge is 2.00. The molecule has 0 aliphatic rings. The minimum absolute atomic E-state index is 0.761. The number of hydrogen-bond acceptors (Lipinski definition) is 10. The molecule has 0 atom stereocenters. The van der Waals surface area contributed by atoms with Gasteiger partial charge in [-0.15, -0.1) is 0 Å². The summed E-state index contributed by atoms with van der Waals surface area (Å²) < 4.78 is 0. The SMILES string of the molecule is CCCCCCCCCCCCCCCCCCCCNCCCCN.CCCCCCCCCCCCCCCNCCCN.CCCCCCCCCCCCCNCCN.CCCCCCCCCCCCNCCCN.CCCCCCCCCCCNCCN. The van der Waals surface area contributed by atoms with Gasteiger partial charge in [-0.2, -0.15) is 0 Å². The van der Waals surface area contributed by atoms with E-state index in [1.807, 2.05) is 0 Å². The summed E-state index contributed by atoms with van der Waals surface area (Å²) in [5.74, 6) is 0. The minimum atomic E-state index is 0.761. The van der Waals surface area contributed by atoms with Gasteiger partial charge in [-0.05, 0) is 130 Å². The summed E-state index contributed by atoms with van der Waals surface area (Å²) in [4.78, 5) is 0. The molecule has 0 aromatic rings. The highest BCUT2D eigenvalue weighted by Crippen LogP contribution is 2.17. The third kappa shape index (κ3) is 124. The predicted octanol–water partition coefficient (Wildman–Crippen LogP) is 23.1. The number of unbranched alkanes of at least 4 members (excludes halogenated alkanes) is 57. The molecule has 0 heterocycles. The van der Waals surface area contributed by atoms with Crippen LogP contribution in [0.2, 0.25) is 0 Å². The molecule has 0 rings (SSSR count). The van der Waals surface area contributed by atoms with Crippen molar-refractivity contribution in [2.24, 2.45) is 28.7 Å². The van der Waals surface area contributed by atoms with Crippen molar-refractivity contribution in [1.82, 2.24) is 26.6 Å². The van der Waals surface area contributed by atoms with E-state index in [2.05, 4.69) is 61.2 Å². The fraction of sp³-hybridized carbons (Fsp3) is 1.00. The van der Waals surface area contributed by atoms with Gasteiger partial charge >= 0.3 is 0 Å². The van der Waals surface area contributed by atoms with Crippen LogP contribution in [0.15, 0.2) is 0 Å². The molecule has 95 heavy (non-hydrogen) atoms. The van der Waals surface area contributed by atoms with E-state index >= 15 is 0 Å². The quantitative estimate of drug-likeness (QED) is 0.0262. The average Bonchev–Trinajstić information content (AvgIpc) is 3.61.